The molecular formula is C26H23F5. The van der Waals surface area contributed by atoms with E-state index in [4.69, 9.17) is 0 Å². The van der Waals surface area contributed by atoms with Crippen molar-refractivity contribution in [2.75, 3.05) is 0 Å². The molecule has 0 N–H and O–H groups in total. The third-order valence-electron chi connectivity index (χ3n) is 6.17. The van der Waals surface area contributed by atoms with Gasteiger partial charge in [-0.25, -0.2) is 22.0 Å². The van der Waals surface area contributed by atoms with Gasteiger partial charge in [0.15, 0.2) is 11.6 Å². The van der Waals surface area contributed by atoms with Crippen LogP contribution in [0.1, 0.15) is 54.4 Å². The first-order valence-electron chi connectivity index (χ1n) is 10.6. The summed E-state index contributed by atoms with van der Waals surface area (Å²) in [6, 6.07) is 9.71. The largest absolute Gasteiger partial charge is 0.207 e. The van der Waals surface area contributed by atoms with Crippen LogP contribution in [-0.4, -0.2) is 0 Å². The van der Waals surface area contributed by atoms with E-state index in [9.17, 15) is 17.6 Å². The first kappa shape index (κ1) is 21.5. The zero-order valence-corrected chi connectivity index (χ0v) is 17.3. The van der Waals surface area contributed by atoms with Gasteiger partial charge in [0.05, 0.1) is 5.56 Å². The van der Waals surface area contributed by atoms with Crippen LogP contribution in [-0.2, 0) is 19.3 Å². The van der Waals surface area contributed by atoms with Gasteiger partial charge in [0.25, 0.3) is 0 Å². The first-order chi connectivity index (χ1) is 14.9. The van der Waals surface area contributed by atoms with Gasteiger partial charge >= 0.3 is 0 Å². The Bertz CT molecular complexity index is 1120. The average Bonchev–Trinajstić information content (AvgIpc) is 2.75. The minimum atomic E-state index is -1.28. The molecule has 0 saturated heterocycles. The molecule has 3 aromatic rings. The Hall–Kier alpha value is -2.69. The molecule has 0 saturated carbocycles. The third-order valence-corrected chi connectivity index (χ3v) is 6.17. The second kappa shape index (κ2) is 8.81. The Morgan fingerprint density at radius 1 is 0.871 bits per heavy atom. The van der Waals surface area contributed by atoms with Crippen molar-refractivity contribution in [3.8, 4) is 11.1 Å². The van der Waals surface area contributed by atoms with Crippen molar-refractivity contribution in [3.63, 3.8) is 0 Å². The molecule has 0 spiro atoms. The van der Waals surface area contributed by atoms with Crippen molar-refractivity contribution >= 4 is 0 Å². The highest BCUT2D eigenvalue weighted by Crippen LogP contribution is 2.40. The highest BCUT2D eigenvalue weighted by Gasteiger charge is 2.29. The maximum Gasteiger partial charge on any atom is 0.166 e. The monoisotopic (exact) mass is 430 g/mol. The van der Waals surface area contributed by atoms with Crippen LogP contribution in [0.3, 0.4) is 0 Å². The van der Waals surface area contributed by atoms with Crippen LogP contribution in [0.4, 0.5) is 22.0 Å². The summed E-state index contributed by atoms with van der Waals surface area (Å²) in [5.41, 5.74) is 1.23. The Labute approximate surface area is 178 Å². The lowest BCUT2D eigenvalue weighted by molar-refractivity contribution is 0.499. The van der Waals surface area contributed by atoms with Crippen LogP contribution in [0.25, 0.3) is 11.1 Å². The fourth-order valence-electron chi connectivity index (χ4n) is 4.49. The molecule has 1 aliphatic rings. The molecule has 1 atom stereocenters. The highest BCUT2D eigenvalue weighted by molar-refractivity contribution is 5.68. The molecule has 0 heterocycles. The van der Waals surface area contributed by atoms with Gasteiger partial charge in [0.1, 0.15) is 17.5 Å². The van der Waals surface area contributed by atoms with Gasteiger partial charge in [-0.05, 0) is 78.5 Å². The molecule has 0 fully saturated rings. The summed E-state index contributed by atoms with van der Waals surface area (Å²) in [6.45, 7) is 2.08. The summed E-state index contributed by atoms with van der Waals surface area (Å²) in [7, 11) is 0. The van der Waals surface area contributed by atoms with E-state index in [0.717, 1.165) is 37.0 Å². The number of hydrogen-bond donors (Lipinski definition) is 0. The van der Waals surface area contributed by atoms with Gasteiger partial charge in [-0.2, -0.15) is 0 Å². The molecule has 5 heteroatoms. The number of halogens is 5. The molecule has 31 heavy (non-hydrogen) atoms. The van der Waals surface area contributed by atoms with E-state index in [2.05, 4.69) is 6.92 Å². The predicted molar refractivity (Wildman–Crippen MR) is 111 cm³/mol. The summed E-state index contributed by atoms with van der Waals surface area (Å²) < 4.78 is 72.5. The minimum Gasteiger partial charge on any atom is -0.207 e. The van der Waals surface area contributed by atoms with Crippen molar-refractivity contribution in [1.82, 2.24) is 0 Å². The van der Waals surface area contributed by atoms with Gasteiger partial charge in [-0.3, -0.25) is 0 Å². The van der Waals surface area contributed by atoms with Gasteiger partial charge in [-0.1, -0.05) is 37.6 Å². The van der Waals surface area contributed by atoms with Crippen molar-refractivity contribution < 1.29 is 22.0 Å². The summed E-state index contributed by atoms with van der Waals surface area (Å²) in [4.78, 5) is 0. The first-order valence-corrected chi connectivity index (χ1v) is 10.6. The summed E-state index contributed by atoms with van der Waals surface area (Å²) in [6.07, 6.45) is 3.89. The van der Waals surface area contributed by atoms with Crippen molar-refractivity contribution in [3.05, 3.63) is 93.8 Å². The fourth-order valence-corrected chi connectivity index (χ4v) is 4.49. The lowest BCUT2D eigenvalue weighted by Gasteiger charge is -2.27. The summed E-state index contributed by atoms with van der Waals surface area (Å²) in [5.74, 6) is -4.74. The maximum atomic E-state index is 15.2. The Morgan fingerprint density at radius 2 is 1.68 bits per heavy atom. The van der Waals surface area contributed by atoms with E-state index in [1.165, 1.54) is 12.1 Å². The molecule has 0 aromatic heterocycles. The number of aryl methyl sites for hydroxylation is 1. The number of fused-ring (bicyclic) bond motifs is 1. The molecule has 0 radical (unpaired) electrons. The maximum absolute atomic E-state index is 15.2. The van der Waals surface area contributed by atoms with E-state index in [-0.39, 0.29) is 23.7 Å². The lowest BCUT2D eigenvalue weighted by atomic mass is 9.78. The smallest absolute Gasteiger partial charge is 0.166 e. The Morgan fingerprint density at radius 3 is 2.42 bits per heavy atom. The highest BCUT2D eigenvalue weighted by atomic mass is 19.2. The molecular weight excluding hydrogens is 407 g/mol. The van der Waals surface area contributed by atoms with E-state index in [0.29, 0.717) is 24.0 Å². The van der Waals surface area contributed by atoms with Crippen molar-refractivity contribution in [1.29, 1.82) is 0 Å². The summed E-state index contributed by atoms with van der Waals surface area (Å²) >= 11 is 0. The van der Waals surface area contributed by atoms with Crippen molar-refractivity contribution in [2.24, 2.45) is 0 Å². The van der Waals surface area contributed by atoms with E-state index in [1.807, 2.05) is 6.07 Å². The molecule has 4 rings (SSSR count). The number of hydrogen-bond acceptors (Lipinski definition) is 0. The molecule has 0 bridgehead atoms. The fraction of sp³-hybridized carbons (Fsp3) is 0.308. The zero-order chi connectivity index (χ0) is 22.1. The van der Waals surface area contributed by atoms with E-state index in [1.54, 1.807) is 12.1 Å². The minimum absolute atomic E-state index is 0.191. The molecule has 0 aliphatic heterocycles. The van der Waals surface area contributed by atoms with Crippen LogP contribution in [0.15, 0.2) is 42.5 Å². The molecule has 162 valence electrons. The van der Waals surface area contributed by atoms with Crippen LogP contribution < -0.4 is 0 Å². The second-order valence-corrected chi connectivity index (χ2v) is 8.19. The van der Waals surface area contributed by atoms with E-state index >= 15 is 4.39 Å². The SMILES string of the molecule is CCCCc1ccc(C2CCc3c(cc(F)c(-c4cccc(F)c4F)c3F)C2)c(F)c1. The second-order valence-electron chi connectivity index (χ2n) is 8.19. The molecule has 1 unspecified atom stereocenters. The van der Waals surface area contributed by atoms with Crippen LogP contribution >= 0.6 is 0 Å². The number of unbranched alkanes of at least 4 members (excludes halogenated alkanes) is 1. The predicted octanol–water partition coefficient (Wildman–Crippen LogP) is 7.66. The van der Waals surface area contributed by atoms with Gasteiger partial charge in [0.2, 0.25) is 0 Å². The van der Waals surface area contributed by atoms with Crippen LogP contribution in [0.5, 0.6) is 0 Å². The van der Waals surface area contributed by atoms with Gasteiger partial charge in [0, 0.05) is 5.56 Å². The van der Waals surface area contributed by atoms with Crippen LogP contribution in [0.2, 0.25) is 0 Å². The normalized spacial score (nSPS) is 15.7. The Balaban J connectivity index is 1.66. The summed E-state index contributed by atoms with van der Waals surface area (Å²) in [5, 5.41) is 0. The number of benzene rings is 3. The van der Waals surface area contributed by atoms with Gasteiger partial charge < -0.3 is 0 Å². The lowest BCUT2D eigenvalue weighted by Crippen LogP contribution is -2.17. The molecule has 0 amide bonds. The number of rotatable bonds is 5. The van der Waals surface area contributed by atoms with Gasteiger partial charge in [-0.15, -0.1) is 0 Å². The molecule has 3 aromatic carbocycles. The zero-order valence-electron chi connectivity index (χ0n) is 17.3. The van der Waals surface area contributed by atoms with E-state index < -0.39 is 34.4 Å². The average molecular weight is 430 g/mol. The topological polar surface area (TPSA) is 0 Å². The molecule has 0 nitrogen and oxygen atoms in total. The van der Waals surface area contributed by atoms with Crippen LogP contribution in [0, 0.1) is 29.1 Å². The van der Waals surface area contributed by atoms with Crippen molar-refractivity contribution in [2.45, 2.75) is 51.4 Å². The standard InChI is InChI=1S/C26H23F5/c1-2-3-5-15-8-10-18(22(28)12-15)16-9-11-19-17(13-16)14-23(29)24(26(19)31)20-6-4-7-21(27)25(20)30/h4,6-8,10,12,14,16H,2-3,5,9,11,13H2,1H3. The molecule has 1 aliphatic carbocycles. The third kappa shape index (κ3) is 4.10. The Kier molecular flexibility index (Phi) is 6.12. The quantitative estimate of drug-likeness (QED) is 0.365.